The second kappa shape index (κ2) is 23.2. The first-order valence-electron chi connectivity index (χ1n) is 22.4. The molecule has 67 heavy (non-hydrogen) atoms. The number of hydrogen-bond donors (Lipinski definition) is 5. The fraction of sp³-hybridized carbons (Fsp3) is 0.489. The number of anilines is 2. The van der Waals surface area contributed by atoms with Crippen molar-refractivity contribution in [3.63, 3.8) is 0 Å². The van der Waals surface area contributed by atoms with E-state index in [1.165, 1.54) is 27.9 Å². The molecular formula is C47H60Cl2N10O7S. The van der Waals surface area contributed by atoms with E-state index >= 15 is 0 Å². The van der Waals surface area contributed by atoms with Crippen LogP contribution < -0.4 is 26.0 Å². The number of aliphatic hydroxyl groups excluding tert-OH is 1. The van der Waals surface area contributed by atoms with Gasteiger partial charge >= 0.3 is 6.03 Å². The molecule has 17 nitrogen and oxygen atoms in total. The highest BCUT2D eigenvalue weighted by Gasteiger charge is 2.46. The van der Waals surface area contributed by atoms with Crippen LogP contribution in [0.15, 0.2) is 54.3 Å². The molecule has 1 aromatic carbocycles. The first-order chi connectivity index (χ1) is 31.9. The van der Waals surface area contributed by atoms with Crippen molar-refractivity contribution < 1.29 is 33.8 Å². The fourth-order valence-corrected chi connectivity index (χ4v) is 9.32. The topological polar surface area (TPSA) is 214 Å². The van der Waals surface area contributed by atoms with Crippen molar-refractivity contribution in [2.75, 3.05) is 44.0 Å². The number of carbonyl (C=O) groups is 4. The minimum absolute atomic E-state index is 0.00676. The third kappa shape index (κ3) is 13.3. The largest absolute Gasteiger partial charge is 0.475 e. The summed E-state index contributed by atoms with van der Waals surface area (Å²) in [6.07, 6.45) is 5.07. The third-order valence-corrected chi connectivity index (χ3v) is 13.0. The molecule has 0 aliphatic carbocycles. The van der Waals surface area contributed by atoms with Crippen LogP contribution in [0.25, 0.3) is 16.1 Å². The number of ketones is 1. The molecule has 3 unspecified atom stereocenters. The molecule has 5 heterocycles. The first-order valence-corrected chi connectivity index (χ1v) is 24.0. The average Bonchev–Trinajstić information content (AvgIpc) is 4.01. The third-order valence-electron chi connectivity index (χ3n) is 11.7. The number of ether oxygens (including phenoxy) is 2. The molecule has 4 aromatic heterocycles. The van der Waals surface area contributed by atoms with Crippen molar-refractivity contribution in [2.45, 2.75) is 104 Å². The zero-order chi connectivity index (χ0) is 48.4. The van der Waals surface area contributed by atoms with Crippen LogP contribution in [0.5, 0.6) is 5.88 Å². The molecular weight excluding hydrogens is 920 g/mol. The number of pyridine rings is 1. The number of nitrogens with one attached hydrogen (secondary N) is 4. The highest BCUT2D eigenvalue weighted by molar-refractivity contribution is 7.13. The Hall–Kier alpha value is -5.24. The summed E-state index contributed by atoms with van der Waals surface area (Å²) in [7, 11) is 1.54. The van der Waals surface area contributed by atoms with Gasteiger partial charge in [0.1, 0.15) is 30.0 Å². The Morgan fingerprint density at radius 3 is 2.39 bits per heavy atom. The van der Waals surface area contributed by atoms with E-state index in [1.807, 2.05) is 71.3 Å². The number of urea groups is 1. The lowest BCUT2D eigenvalue weighted by atomic mass is 9.76. The van der Waals surface area contributed by atoms with Gasteiger partial charge in [-0.3, -0.25) is 14.4 Å². The lowest BCUT2D eigenvalue weighted by Crippen LogP contribution is -2.51. The van der Waals surface area contributed by atoms with Crippen molar-refractivity contribution in [2.24, 2.45) is 11.3 Å². The van der Waals surface area contributed by atoms with Crippen molar-refractivity contribution in [3.8, 4) is 16.3 Å². The Labute approximate surface area is 404 Å². The molecule has 1 aliphatic heterocycles. The molecule has 6 rings (SSSR count). The van der Waals surface area contributed by atoms with Gasteiger partial charge in [0.25, 0.3) is 0 Å². The molecule has 0 radical (unpaired) electrons. The van der Waals surface area contributed by atoms with E-state index < -0.39 is 41.5 Å². The van der Waals surface area contributed by atoms with Gasteiger partial charge in [0.2, 0.25) is 17.7 Å². The summed E-state index contributed by atoms with van der Waals surface area (Å²) in [5.41, 5.74) is 5.70. The summed E-state index contributed by atoms with van der Waals surface area (Å²) in [4.78, 5) is 70.2. The predicted molar refractivity (Wildman–Crippen MR) is 260 cm³/mol. The number of nitrogens with zero attached hydrogens (tertiary/aromatic N) is 6. The van der Waals surface area contributed by atoms with E-state index in [9.17, 15) is 24.3 Å². The summed E-state index contributed by atoms with van der Waals surface area (Å²) in [6.45, 7) is 12.7. The monoisotopic (exact) mass is 978 g/mol. The number of rotatable bonds is 21. The van der Waals surface area contributed by atoms with Gasteiger partial charge in [0.15, 0.2) is 10.8 Å². The SMILES string of the molecule is COC(C)c1c(NC(=O)Nc2cc(Cl)cnc2OCCNCCCCCCC(=O)C(C(=O)N2C[C@H](O)C[C@H]2C(=O)NC(C)c2ccc(-c3scnc3C)cc2)C(C)(C)C)cnc2cc(Cl)nn12. The van der Waals surface area contributed by atoms with Crippen LogP contribution >= 0.6 is 34.5 Å². The van der Waals surface area contributed by atoms with Crippen LogP contribution in [-0.4, -0.2) is 104 Å². The molecule has 360 valence electrons. The van der Waals surface area contributed by atoms with Gasteiger partial charge < -0.3 is 40.7 Å². The zero-order valence-corrected chi connectivity index (χ0v) is 41.2. The molecule has 5 aromatic rings. The van der Waals surface area contributed by atoms with Gasteiger partial charge in [0.05, 0.1) is 56.9 Å². The van der Waals surface area contributed by atoms with E-state index in [2.05, 4.69) is 41.3 Å². The maximum Gasteiger partial charge on any atom is 0.323 e. The Morgan fingerprint density at radius 1 is 0.955 bits per heavy atom. The normalized spacial score (nSPS) is 16.4. The number of unbranched alkanes of at least 4 members (excludes halogenated alkanes) is 3. The maximum absolute atomic E-state index is 14.2. The van der Waals surface area contributed by atoms with Gasteiger partial charge in [-0.1, -0.05) is 81.1 Å². The lowest BCUT2D eigenvalue weighted by molar-refractivity contribution is -0.149. The summed E-state index contributed by atoms with van der Waals surface area (Å²) in [5.74, 6) is -1.71. The second-order valence-electron chi connectivity index (χ2n) is 17.8. The molecule has 5 N–H and O–H groups in total. The number of hydrogen-bond acceptors (Lipinski definition) is 13. The standard InChI is InChI=1S/C47H60Cl2N10O7S/c1-27(30-13-15-31(16-14-30)42-28(2)53-26-67-42)54-43(62)36-21-33(60)25-58(36)45(63)40(47(4,5)6)37(61)12-10-8-9-11-17-50-18-19-66-44-34(20-32(48)23-52-44)55-46(64)56-35-24-51-39-22-38(49)57-59(39)41(35)29(3)65-7/h13-16,20,22-24,26-27,29,33,36,40,50,60H,8-12,17-19,21,25H2,1-7H3,(H,54,62)(H2,55,56,64)/t27?,29?,33-,36+,40?/m1/s1. The summed E-state index contributed by atoms with van der Waals surface area (Å²) < 4.78 is 12.9. The van der Waals surface area contributed by atoms with Gasteiger partial charge in [-0.15, -0.1) is 11.3 Å². The Kier molecular flexibility index (Phi) is 17.7. The first kappa shape index (κ1) is 51.2. The van der Waals surface area contributed by atoms with Crippen LogP contribution in [0, 0.1) is 18.3 Å². The van der Waals surface area contributed by atoms with E-state index in [-0.39, 0.29) is 60.4 Å². The molecule has 0 spiro atoms. The second-order valence-corrected chi connectivity index (χ2v) is 19.5. The average molecular weight is 980 g/mol. The number of thiazole rings is 1. The highest BCUT2D eigenvalue weighted by atomic mass is 35.5. The van der Waals surface area contributed by atoms with E-state index in [0.29, 0.717) is 41.6 Å². The zero-order valence-electron chi connectivity index (χ0n) is 38.9. The number of aliphatic hydroxyl groups is 1. The van der Waals surface area contributed by atoms with Crippen LogP contribution in [0.1, 0.15) is 102 Å². The minimum atomic E-state index is -0.956. The molecule has 1 fully saturated rings. The summed E-state index contributed by atoms with van der Waals surface area (Å²) >= 11 is 13.9. The number of halogens is 2. The van der Waals surface area contributed by atoms with Crippen LogP contribution in [-0.2, 0) is 19.1 Å². The number of Topliss-reactive ketones (excluding diaryl/α,β-unsaturated/α-hetero) is 1. The predicted octanol–water partition coefficient (Wildman–Crippen LogP) is 8.20. The maximum atomic E-state index is 14.2. The number of amides is 4. The Bertz CT molecular complexity index is 2510. The molecule has 20 heteroatoms. The van der Waals surface area contributed by atoms with Crippen molar-refractivity contribution in [1.82, 2.24) is 40.1 Å². The minimum Gasteiger partial charge on any atom is -0.475 e. The van der Waals surface area contributed by atoms with Crippen LogP contribution in [0.3, 0.4) is 0 Å². The van der Waals surface area contributed by atoms with E-state index in [1.54, 1.807) is 24.5 Å². The van der Waals surface area contributed by atoms with E-state index in [4.69, 9.17) is 32.7 Å². The Balaban J connectivity index is 0.915. The van der Waals surface area contributed by atoms with Crippen LogP contribution in [0.4, 0.5) is 16.2 Å². The van der Waals surface area contributed by atoms with E-state index in [0.717, 1.165) is 41.0 Å². The van der Waals surface area contributed by atoms with Gasteiger partial charge in [0, 0.05) is 45.3 Å². The van der Waals surface area contributed by atoms with Gasteiger partial charge in [-0.25, -0.2) is 24.3 Å². The highest BCUT2D eigenvalue weighted by Crippen LogP contribution is 2.34. The number of fused-ring (bicyclic) bond motifs is 1. The fourth-order valence-electron chi connectivity index (χ4n) is 8.18. The number of methoxy groups -OCH3 is 1. The number of β-amino-alcohol motifs (C(OH)–C–C–N with tert-alkyl or cyclic N) is 1. The smallest absolute Gasteiger partial charge is 0.323 e. The molecule has 4 amide bonds. The quantitative estimate of drug-likeness (QED) is 0.0348. The lowest BCUT2D eigenvalue weighted by Gasteiger charge is -2.34. The molecule has 0 saturated carbocycles. The van der Waals surface area contributed by atoms with Gasteiger partial charge in [-0.2, -0.15) is 5.10 Å². The molecule has 0 bridgehead atoms. The van der Waals surface area contributed by atoms with Gasteiger partial charge in [-0.05, 0) is 62.8 Å². The number of benzene rings is 1. The van der Waals surface area contributed by atoms with Crippen LogP contribution in [0.2, 0.25) is 10.2 Å². The molecule has 5 atom stereocenters. The van der Waals surface area contributed by atoms with Crippen molar-refractivity contribution in [3.05, 3.63) is 81.4 Å². The number of aryl methyl sites for hydroxylation is 1. The number of likely N-dealkylation sites (tertiary alicyclic amines) is 1. The van der Waals surface area contributed by atoms with Crippen molar-refractivity contribution in [1.29, 1.82) is 0 Å². The van der Waals surface area contributed by atoms with Crippen molar-refractivity contribution >= 4 is 75.2 Å². The number of carbonyl (C=O) groups excluding carboxylic acids is 4. The summed E-state index contributed by atoms with van der Waals surface area (Å²) in [6, 6.07) is 9.26. The Morgan fingerprint density at radius 2 is 1.69 bits per heavy atom. The molecule has 1 saturated heterocycles. The summed E-state index contributed by atoms with van der Waals surface area (Å²) in [5, 5.41) is 27.4. The number of aromatic nitrogens is 5. The molecule has 1 aliphatic rings.